The lowest BCUT2D eigenvalue weighted by Gasteiger charge is -2.27. The van der Waals surface area contributed by atoms with Crippen LogP contribution in [0.1, 0.15) is 25.7 Å². The smallest absolute Gasteiger partial charge is 0.234 e. The second-order valence-electron chi connectivity index (χ2n) is 5.25. The Morgan fingerprint density at radius 3 is 2.88 bits per heavy atom. The summed E-state index contributed by atoms with van der Waals surface area (Å²) < 4.78 is 0. The third-order valence-electron chi connectivity index (χ3n) is 3.32. The fourth-order valence-corrected chi connectivity index (χ4v) is 2.33. The minimum absolute atomic E-state index is 0.189. The Morgan fingerprint density at radius 2 is 2.25 bits per heavy atom. The Balaban J connectivity index is 1.61. The number of nitrogens with one attached hydrogen (secondary N) is 2. The van der Waals surface area contributed by atoms with Crippen molar-refractivity contribution in [2.75, 3.05) is 33.2 Å². The zero-order valence-corrected chi connectivity index (χ0v) is 10.2. The molecule has 0 radical (unpaired) electrons. The molecule has 1 aliphatic heterocycles. The van der Waals surface area contributed by atoms with Gasteiger partial charge in [0, 0.05) is 12.6 Å². The molecular weight excluding hydrogens is 202 g/mol. The first-order valence-electron chi connectivity index (χ1n) is 6.42. The summed E-state index contributed by atoms with van der Waals surface area (Å²) in [6, 6.07) is 0.484. The van der Waals surface area contributed by atoms with Crippen molar-refractivity contribution in [1.82, 2.24) is 15.5 Å². The van der Waals surface area contributed by atoms with Crippen LogP contribution in [0.15, 0.2) is 0 Å². The lowest BCUT2D eigenvalue weighted by Crippen LogP contribution is -2.41. The van der Waals surface area contributed by atoms with Crippen LogP contribution in [-0.4, -0.2) is 50.1 Å². The molecule has 0 aromatic rings. The molecule has 4 nitrogen and oxygen atoms in total. The molecule has 2 fully saturated rings. The summed E-state index contributed by atoms with van der Waals surface area (Å²) in [5.74, 6) is 0.904. The summed E-state index contributed by atoms with van der Waals surface area (Å²) in [6.45, 7) is 3.84. The topological polar surface area (TPSA) is 44.4 Å². The van der Waals surface area contributed by atoms with Crippen LogP contribution < -0.4 is 10.6 Å². The fourth-order valence-electron chi connectivity index (χ4n) is 2.33. The second-order valence-corrected chi connectivity index (χ2v) is 5.25. The number of piperidine rings is 1. The lowest BCUT2D eigenvalue weighted by molar-refractivity contribution is -0.122. The van der Waals surface area contributed by atoms with Gasteiger partial charge < -0.3 is 10.6 Å². The third-order valence-corrected chi connectivity index (χ3v) is 3.32. The van der Waals surface area contributed by atoms with Gasteiger partial charge >= 0.3 is 0 Å². The van der Waals surface area contributed by atoms with Gasteiger partial charge in [-0.2, -0.15) is 0 Å². The van der Waals surface area contributed by atoms with Crippen molar-refractivity contribution in [1.29, 1.82) is 0 Å². The number of carbonyl (C=O) groups is 1. The Bertz CT molecular complexity index is 234. The highest BCUT2D eigenvalue weighted by Crippen LogP contribution is 2.18. The molecule has 16 heavy (non-hydrogen) atoms. The summed E-state index contributed by atoms with van der Waals surface area (Å²) in [7, 11) is 2.04. The minimum Gasteiger partial charge on any atom is -0.352 e. The molecule has 2 aliphatic rings. The molecule has 0 bridgehead atoms. The van der Waals surface area contributed by atoms with E-state index >= 15 is 0 Å². The number of amides is 1. The first-order valence-corrected chi connectivity index (χ1v) is 6.42. The molecule has 4 heteroatoms. The van der Waals surface area contributed by atoms with Crippen LogP contribution in [0.4, 0.5) is 0 Å². The van der Waals surface area contributed by atoms with Gasteiger partial charge in [-0.05, 0) is 51.7 Å². The van der Waals surface area contributed by atoms with Crippen LogP contribution in [0.5, 0.6) is 0 Å². The molecule has 1 amide bonds. The summed E-state index contributed by atoms with van der Waals surface area (Å²) in [4.78, 5) is 13.7. The van der Waals surface area contributed by atoms with E-state index in [2.05, 4.69) is 15.5 Å². The average molecular weight is 225 g/mol. The average Bonchev–Trinajstić information content (AvgIpc) is 3.02. The minimum atomic E-state index is 0.189. The SMILES string of the molecule is CN(CC(=O)NC1CC1)CC1CCCNC1. The quantitative estimate of drug-likeness (QED) is 0.702. The van der Waals surface area contributed by atoms with Gasteiger partial charge in [-0.3, -0.25) is 9.69 Å². The molecule has 1 saturated heterocycles. The molecule has 0 spiro atoms. The number of carbonyl (C=O) groups excluding carboxylic acids is 1. The number of hydrogen-bond acceptors (Lipinski definition) is 3. The monoisotopic (exact) mass is 225 g/mol. The molecule has 92 valence electrons. The van der Waals surface area contributed by atoms with E-state index in [4.69, 9.17) is 0 Å². The van der Waals surface area contributed by atoms with Gasteiger partial charge in [-0.15, -0.1) is 0 Å². The molecule has 2 N–H and O–H groups in total. The van der Waals surface area contributed by atoms with Gasteiger partial charge in [0.2, 0.25) is 5.91 Å². The maximum Gasteiger partial charge on any atom is 0.234 e. The molecular formula is C12H23N3O. The number of likely N-dealkylation sites (N-methyl/N-ethyl adjacent to an activating group) is 1. The lowest BCUT2D eigenvalue weighted by atomic mass is 9.99. The Kier molecular flexibility index (Phi) is 4.18. The van der Waals surface area contributed by atoms with Crippen LogP contribution in [0.3, 0.4) is 0 Å². The van der Waals surface area contributed by atoms with E-state index in [0.717, 1.165) is 19.6 Å². The predicted octanol–water partition coefficient (Wildman–Crippen LogP) is 0.196. The summed E-state index contributed by atoms with van der Waals surface area (Å²) in [5, 5.41) is 6.43. The predicted molar refractivity (Wildman–Crippen MR) is 64.3 cm³/mol. The summed E-state index contributed by atoms with van der Waals surface area (Å²) in [5.41, 5.74) is 0. The molecule has 0 aromatic heterocycles. The van der Waals surface area contributed by atoms with Crippen LogP contribution in [0.2, 0.25) is 0 Å². The van der Waals surface area contributed by atoms with Gasteiger partial charge in [0.15, 0.2) is 0 Å². The second kappa shape index (κ2) is 5.64. The Hall–Kier alpha value is -0.610. The van der Waals surface area contributed by atoms with Crippen molar-refractivity contribution >= 4 is 5.91 Å². The van der Waals surface area contributed by atoms with Crippen LogP contribution in [0.25, 0.3) is 0 Å². The molecule has 1 saturated carbocycles. The third kappa shape index (κ3) is 4.10. The highest BCUT2D eigenvalue weighted by atomic mass is 16.2. The Morgan fingerprint density at radius 1 is 1.44 bits per heavy atom. The highest BCUT2D eigenvalue weighted by molar-refractivity contribution is 5.78. The van der Waals surface area contributed by atoms with Gasteiger partial charge in [0.1, 0.15) is 0 Å². The van der Waals surface area contributed by atoms with Crippen molar-refractivity contribution in [3.63, 3.8) is 0 Å². The van der Waals surface area contributed by atoms with Crippen molar-refractivity contribution in [2.24, 2.45) is 5.92 Å². The van der Waals surface area contributed by atoms with Crippen molar-refractivity contribution in [3.05, 3.63) is 0 Å². The highest BCUT2D eigenvalue weighted by Gasteiger charge is 2.24. The normalized spacial score (nSPS) is 25.8. The van der Waals surface area contributed by atoms with E-state index < -0.39 is 0 Å². The molecule has 1 atom stereocenters. The summed E-state index contributed by atoms with van der Waals surface area (Å²) >= 11 is 0. The van der Waals surface area contributed by atoms with Crippen molar-refractivity contribution in [2.45, 2.75) is 31.7 Å². The van der Waals surface area contributed by atoms with Gasteiger partial charge in [-0.25, -0.2) is 0 Å². The standard InChI is InChI=1S/C12H23N3O/c1-15(8-10-3-2-6-13-7-10)9-12(16)14-11-4-5-11/h10-11,13H,2-9H2,1H3,(H,14,16). The fraction of sp³-hybridized carbons (Fsp3) is 0.917. The number of nitrogens with zero attached hydrogens (tertiary/aromatic N) is 1. The maximum absolute atomic E-state index is 11.6. The van der Waals surface area contributed by atoms with Crippen LogP contribution in [0, 0.1) is 5.92 Å². The zero-order valence-electron chi connectivity index (χ0n) is 10.2. The molecule has 1 unspecified atom stereocenters. The van der Waals surface area contributed by atoms with Gasteiger partial charge in [-0.1, -0.05) is 0 Å². The first kappa shape index (κ1) is 11.9. The van der Waals surface area contributed by atoms with E-state index in [1.807, 2.05) is 7.05 Å². The maximum atomic E-state index is 11.6. The summed E-state index contributed by atoms with van der Waals surface area (Å²) in [6.07, 6.45) is 4.90. The van der Waals surface area contributed by atoms with Gasteiger partial charge in [0.05, 0.1) is 6.54 Å². The van der Waals surface area contributed by atoms with Crippen LogP contribution in [-0.2, 0) is 4.79 Å². The van der Waals surface area contributed by atoms with E-state index in [0.29, 0.717) is 18.5 Å². The van der Waals surface area contributed by atoms with Crippen LogP contribution >= 0.6 is 0 Å². The Labute approximate surface area is 97.8 Å². The van der Waals surface area contributed by atoms with E-state index in [-0.39, 0.29) is 5.91 Å². The van der Waals surface area contributed by atoms with Crippen molar-refractivity contribution < 1.29 is 4.79 Å². The van der Waals surface area contributed by atoms with Gasteiger partial charge in [0.25, 0.3) is 0 Å². The first-order chi connectivity index (χ1) is 7.74. The van der Waals surface area contributed by atoms with E-state index in [1.54, 1.807) is 0 Å². The molecule has 2 rings (SSSR count). The number of hydrogen-bond donors (Lipinski definition) is 2. The van der Waals surface area contributed by atoms with E-state index in [9.17, 15) is 4.79 Å². The molecule has 0 aromatic carbocycles. The zero-order chi connectivity index (χ0) is 11.4. The van der Waals surface area contributed by atoms with Crippen molar-refractivity contribution in [3.8, 4) is 0 Å². The van der Waals surface area contributed by atoms with E-state index in [1.165, 1.54) is 25.7 Å². The largest absolute Gasteiger partial charge is 0.352 e. The molecule has 1 aliphatic carbocycles. The molecule has 1 heterocycles. The number of rotatable bonds is 5.